The van der Waals surface area contributed by atoms with Crippen LogP contribution in [0.25, 0.3) is 5.82 Å². The summed E-state index contributed by atoms with van der Waals surface area (Å²) < 4.78 is 1.86. The SMILES string of the molecule is c1cn(-c2cnc([C@H]3CCCNC3)cn2)cn1. The van der Waals surface area contributed by atoms with Gasteiger partial charge in [-0.05, 0) is 19.4 Å². The quantitative estimate of drug-likeness (QED) is 0.838. The van der Waals surface area contributed by atoms with Crippen molar-refractivity contribution >= 4 is 0 Å². The molecule has 1 N–H and O–H groups in total. The summed E-state index contributed by atoms with van der Waals surface area (Å²) in [5.41, 5.74) is 1.08. The molecule has 1 saturated heterocycles. The molecule has 0 aliphatic carbocycles. The number of aromatic nitrogens is 4. The van der Waals surface area contributed by atoms with E-state index in [-0.39, 0.29) is 0 Å². The van der Waals surface area contributed by atoms with Crippen LogP contribution in [-0.2, 0) is 0 Å². The van der Waals surface area contributed by atoms with E-state index < -0.39 is 0 Å². The van der Waals surface area contributed by atoms with Crippen LogP contribution in [0, 0.1) is 0 Å². The van der Waals surface area contributed by atoms with E-state index in [1.807, 2.05) is 23.2 Å². The molecule has 2 aromatic rings. The van der Waals surface area contributed by atoms with Gasteiger partial charge in [0.05, 0.1) is 18.1 Å². The van der Waals surface area contributed by atoms with Crippen molar-refractivity contribution in [1.29, 1.82) is 0 Å². The molecule has 1 atom stereocenters. The molecule has 3 heterocycles. The molecule has 0 spiro atoms. The summed E-state index contributed by atoms with van der Waals surface area (Å²) in [6.07, 6.45) is 11.4. The van der Waals surface area contributed by atoms with Crippen LogP contribution < -0.4 is 5.32 Å². The van der Waals surface area contributed by atoms with Crippen LogP contribution in [0.4, 0.5) is 0 Å². The molecular weight excluding hydrogens is 214 g/mol. The van der Waals surface area contributed by atoms with Crippen molar-refractivity contribution in [3.05, 3.63) is 36.8 Å². The number of nitrogens with zero attached hydrogens (tertiary/aromatic N) is 4. The van der Waals surface area contributed by atoms with Crippen LogP contribution in [0.3, 0.4) is 0 Å². The Hall–Kier alpha value is -1.75. The number of hydrogen-bond acceptors (Lipinski definition) is 4. The van der Waals surface area contributed by atoms with Crippen molar-refractivity contribution in [2.75, 3.05) is 13.1 Å². The van der Waals surface area contributed by atoms with E-state index in [0.29, 0.717) is 5.92 Å². The molecule has 0 radical (unpaired) electrons. The van der Waals surface area contributed by atoms with Crippen LogP contribution in [0.15, 0.2) is 31.1 Å². The zero-order chi connectivity index (χ0) is 11.5. The average molecular weight is 229 g/mol. The second-order valence-corrected chi connectivity index (χ2v) is 4.31. The molecule has 3 rings (SSSR count). The first kappa shape index (κ1) is 10.4. The first-order valence-electron chi connectivity index (χ1n) is 5.94. The molecule has 1 aliphatic heterocycles. The summed E-state index contributed by atoms with van der Waals surface area (Å²) in [6, 6.07) is 0. The first-order chi connectivity index (χ1) is 8.43. The Morgan fingerprint density at radius 1 is 1.29 bits per heavy atom. The predicted octanol–water partition coefficient (Wildman–Crippen LogP) is 1.13. The molecule has 0 aromatic carbocycles. The van der Waals surface area contributed by atoms with Gasteiger partial charge in [0.1, 0.15) is 6.33 Å². The van der Waals surface area contributed by atoms with Crippen molar-refractivity contribution in [1.82, 2.24) is 24.8 Å². The van der Waals surface area contributed by atoms with Crippen molar-refractivity contribution in [3.8, 4) is 5.82 Å². The highest BCUT2D eigenvalue weighted by atomic mass is 15.1. The van der Waals surface area contributed by atoms with E-state index in [1.54, 1.807) is 12.5 Å². The maximum atomic E-state index is 4.51. The summed E-state index contributed by atoms with van der Waals surface area (Å²) in [6.45, 7) is 2.14. The van der Waals surface area contributed by atoms with Gasteiger partial charge in [-0.2, -0.15) is 0 Å². The zero-order valence-corrected chi connectivity index (χ0v) is 9.58. The van der Waals surface area contributed by atoms with Crippen molar-refractivity contribution in [3.63, 3.8) is 0 Å². The number of imidazole rings is 1. The first-order valence-corrected chi connectivity index (χ1v) is 5.94. The molecule has 0 bridgehead atoms. The summed E-state index contributed by atoms with van der Waals surface area (Å²) >= 11 is 0. The van der Waals surface area contributed by atoms with Crippen LogP contribution in [0.2, 0.25) is 0 Å². The Labute approximate surface area is 99.9 Å². The zero-order valence-electron chi connectivity index (χ0n) is 9.58. The highest BCUT2D eigenvalue weighted by molar-refractivity contribution is 5.20. The fourth-order valence-corrected chi connectivity index (χ4v) is 2.17. The van der Waals surface area contributed by atoms with Gasteiger partial charge in [-0.25, -0.2) is 9.97 Å². The van der Waals surface area contributed by atoms with Crippen LogP contribution in [0.1, 0.15) is 24.5 Å². The summed E-state index contributed by atoms with van der Waals surface area (Å²) in [5, 5.41) is 3.39. The van der Waals surface area contributed by atoms with Crippen molar-refractivity contribution in [2.24, 2.45) is 0 Å². The molecule has 5 heteroatoms. The lowest BCUT2D eigenvalue weighted by molar-refractivity contribution is 0.453. The fraction of sp³-hybridized carbons (Fsp3) is 0.417. The monoisotopic (exact) mass is 229 g/mol. The minimum absolute atomic E-state index is 0.507. The van der Waals surface area contributed by atoms with Gasteiger partial charge in [-0.15, -0.1) is 0 Å². The molecule has 1 fully saturated rings. The topological polar surface area (TPSA) is 55.6 Å². The van der Waals surface area contributed by atoms with E-state index in [0.717, 1.165) is 24.6 Å². The molecule has 17 heavy (non-hydrogen) atoms. The molecule has 0 saturated carbocycles. The van der Waals surface area contributed by atoms with Gasteiger partial charge in [0.25, 0.3) is 0 Å². The molecule has 1 aliphatic rings. The summed E-state index contributed by atoms with van der Waals surface area (Å²) in [4.78, 5) is 12.9. The van der Waals surface area contributed by atoms with Gasteiger partial charge in [-0.3, -0.25) is 9.55 Å². The van der Waals surface area contributed by atoms with E-state index in [4.69, 9.17) is 0 Å². The van der Waals surface area contributed by atoms with Gasteiger partial charge < -0.3 is 5.32 Å². The second-order valence-electron chi connectivity index (χ2n) is 4.31. The molecule has 2 aromatic heterocycles. The number of piperidine rings is 1. The Balaban J connectivity index is 1.80. The van der Waals surface area contributed by atoms with E-state index >= 15 is 0 Å². The largest absolute Gasteiger partial charge is 0.316 e. The Kier molecular flexibility index (Phi) is 2.83. The van der Waals surface area contributed by atoms with Gasteiger partial charge >= 0.3 is 0 Å². The number of rotatable bonds is 2. The Morgan fingerprint density at radius 3 is 2.94 bits per heavy atom. The van der Waals surface area contributed by atoms with Gasteiger partial charge in [0.15, 0.2) is 5.82 Å². The van der Waals surface area contributed by atoms with E-state index in [1.165, 1.54) is 12.8 Å². The maximum Gasteiger partial charge on any atom is 0.156 e. The summed E-state index contributed by atoms with van der Waals surface area (Å²) in [5.74, 6) is 1.32. The minimum Gasteiger partial charge on any atom is -0.316 e. The van der Waals surface area contributed by atoms with Gasteiger partial charge in [-0.1, -0.05) is 0 Å². The van der Waals surface area contributed by atoms with Crippen LogP contribution >= 0.6 is 0 Å². The smallest absolute Gasteiger partial charge is 0.156 e. The molecule has 5 nitrogen and oxygen atoms in total. The van der Waals surface area contributed by atoms with Gasteiger partial charge in [0, 0.05) is 24.9 Å². The van der Waals surface area contributed by atoms with Crippen molar-refractivity contribution < 1.29 is 0 Å². The molecular formula is C12H15N5. The van der Waals surface area contributed by atoms with E-state index in [2.05, 4.69) is 20.3 Å². The summed E-state index contributed by atoms with van der Waals surface area (Å²) in [7, 11) is 0. The third kappa shape index (κ3) is 2.19. The lowest BCUT2D eigenvalue weighted by atomic mass is 9.97. The lowest BCUT2D eigenvalue weighted by Gasteiger charge is -2.21. The Morgan fingerprint density at radius 2 is 2.29 bits per heavy atom. The molecule has 88 valence electrons. The second kappa shape index (κ2) is 4.63. The molecule has 0 unspecified atom stereocenters. The van der Waals surface area contributed by atoms with Crippen LogP contribution in [-0.4, -0.2) is 32.6 Å². The Bertz CT molecular complexity index is 456. The predicted molar refractivity (Wildman–Crippen MR) is 64.0 cm³/mol. The minimum atomic E-state index is 0.507. The molecule has 0 amide bonds. The van der Waals surface area contributed by atoms with Crippen LogP contribution in [0.5, 0.6) is 0 Å². The van der Waals surface area contributed by atoms with Gasteiger partial charge in [0.2, 0.25) is 0 Å². The lowest BCUT2D eigenvalue weighted by Crippen LogP contribution is -2.28. The normalized spacial score (nSPS) is 20.4. The van der Waals surface area contributed by atoms with E-state index in [9.17, 15) is 0 Å². The average Bonchev–Trinajstić information content (AvgIpc) is 2.94. The number of nitrogens with one attached hydrogen (secondary N) is 1. The third-order valence-corrected chi connectivity index (χ3v) is 3.14. The number of hydrogen-bond donors (Lipinski definition) is 1. The highest BCUT2D eigenvalue weighted by Gasteiger charge is 2.16. The highest BCUT2D eigenvalue weighted by Crippen LogP contribution is 2.20. The van der Waals surface area contributed by atoms with Crippen molar-refractivity contribution in [2.45, 2.75) is 18.8 Å². The maximum absolute atomic E-state index is 4.51. The third-order valence-electron chi connectivity index (χ3n) is 3.14. The standard InChI is InChI=1S/C12H15N5/c1-2-10(6-13-3-1)11-7-16-12(8-15-11)17-5-4-14-9-17/h4-5,7-10,13H,1-3,6H2/t10-/m0/s1. The fourth-order valence-electron chi connectivity index (χ4n) is 2.17.